The molecular formula is C7H9ClN2OS. The number of thiazole rings is 1. The predicted octanol–water partition coefficient (Wildman–Crippen LogP) is 1.56. The molecule has 1 aromatic heterocycles. The Hall–Kier alpha value is -0.610. The fraction of sp³-hybridized carbons (Fsp3) is 0.429. The Bertz CT molecular complexity index is 250. The van der Waals surface area contributed by atoms with Gasteiger partial charge in [0.1, 0.15) is 10.9 Å². The molecule has 0 saturated heterocycles. The molecule has 12 heavy (non-hydrogen) atoms. The first-order valence-electron chi connectivity index (χ1n) is 3.48. The van der Waals surface area contributed by atoms with Gasteiger partial charge in [-0.1, -0.05) is 0 Å². The van der Waals surface area contributed by atoms with Crippen molar-refractivity contribution in [2.24, 2.45) is 0 Å². The molecule has 0 fully saturated rings. The standard InChI is InChI=1S/C7H9ClN2OS/c1-5(10-6(11)4-8)7-9-2-3-12-7/h2-3,5H,4H2,1H3,(H,10,11)/t5-/m0/s1. The number of hydrogen-bond donors (Lipinski definition) is 1. The molecular weight excluding hydrogens is 196 g/mol. The van der Waals surface area contributed by atoms with E-state index < -0.39 is 0 Å². The fourth-order valence-corrected chi connectivity index (χ4v) is 1.51. The van der Waals surface area contributed by atoms with Crippen LogP contribution in [-0.2, 0) is 4.79 Å². The second-order valence-electron chi connectivity index (χ2n) is 2.29. The smallest absolute Gasteiger partial charge is 0.235 e. The molecule has 0 aliphatic rings. The molecule has 0 aliphatic carbocycles. The van der Waals surface area contributed by atoms with Crippen molar-refractivity contribution < 1.29 is 4.79 Å². The van der Waals surface area contributed by atoms with Crippen molar-refractivity contribution in [1.82, 2.24) is 10.3 Å². The Balaban J connectivity index is 2.49. The van der Waals surface area contributed by atoms with Crippen LogP contribution in [0.1, 0.15) is 18.0 Å². The Morgan fingerprint density at radius 2 is 2.67 bits per heavy atom. The summed E-state index contributed by atoms with van der Waals surface area (Å²) in [4.78, 5) is 14.9. The largest absolute Gasteiger partial charge is 0.346 e. The summed E-state index contributed by atoms with van der Waals surface area (Å²) in [5.41, 5.74) is 0. The second kappa shape index (κ2) is 4.42. The minimum absolute atomic E-state index is 0.00425. The van der Waals surface area contributed by atoms with Crippen molar-refractivity contribution in [2.45, 2.75) is 13.0 Å². The lowest BCUT2D eigenvalue weighted by Crippen LogP contribution is -2.27. The Morgan fingerprint density at radius 3 is 3.17 bits per heavy atom. The van der Waals surface area contributed by atoms with Crippen LogP contribution in [-0.4, -0.2) is 16.8 Å². The predicted molar refractivity (Wildman–Crippen MR) is 49.4 cm³/mol. The van der Waals surface area contributed by atoms with Crippen LogP contribution < -0.4 is 5.32 Å². The summed E-state index contributed by atoms with van der Waals surface area (Å²) < 4.78 is 0. The van der Waals surface area contributed by atoms with Gasteiger partial charge in [0.2, 0.25) is 5.91 Å². The minimum atomic E-state index is -0.167. The highest BCUT2D eigenvalue weighted by atomic mass is 35.5. The molecule has 1 N–H and O–H groups in total. The molecule has 1 aromatic rings. The zero-order chi connectivity index (χ0) is 8.97. The van der Waals surface area contributed by atoms with Crippen molar-refractivity contribution >= 4 is 28.8 Å². The summed E-state index contributed by atoms with van der Waals surface area (Å²) in [5.74, 6) is -0.172. The van der Waals surface area contributed by atoms with Gasteiger partial charge < -0.3 is 5.32 Å². The third-order valence-corrected chi connectivity index (χ3v) is 2.52. The highest BCUT2D eigenvalue weighted by molar-refractivity contribution is 7.09. The van der Waals surface area contributed by atoms with E-state index in [1.165, 1.54) is 11.3 Å². The summed E-state index contributed by atoms with van der Waals surface area (Å²) in [7, 11) is 0. The highest BCUT2D eigenvalue weighted by Crippen LogP contribution is 2.14. The molecule has 0 aromatic carbocycles. The maximum Gasteiger partial charge on any atom is 0.235 e. The first-order valence-corrected chi connectivity index (χ1v) is 4.90. The number of nitrogens with one attached hydrogen (secondary N) is 1. The highest BCUT2D eigenvalue weighted by Gasteiger charge is 2.09. The number of nitrogens with zero attached hydrogens (tertiary/aromatic N) is 1. The van der Waals surface area contributed by atoms with Crippen LogP contribution >= 0.6 is 22.9 Å². The van der Waals surface area contributed by atoms with Gasteiger partial charge in [-0.15, -0.1) is 22.9 Å². The van der Waals surface area contributed by atoms with Crippen molar-refractivity contribution in [3.8, 4) is 0 Å². The van der Waals surface area contributed by atoms with E-state index in [-0.39, 0.29) is 17.8 Å². The number of amides is 1. The van der Waals surface area contributed by atoms with Crippen LogP contribution in [0.2, 0.25) is 0 Å². The van der Waals surface area contributed by atoms with Crippen LogP contribution in [0.5, 0.6) is 0 Å². The van der Waals surface area contributed by atoms with Gasteiger partial charge in [-0.3, -0.25) is 4.79 Å². The lowest BCUT2D eigenvalue weighted by atomic mass is 10.3. The molecule has 66 valence electrons. The van der Waals surface area contributed by atoms with Crippen LogP contribution in [0, 0.1) is 0 Å². The molecule has 0 radical (unpaired) electrons. The lowest BCUT2D eigenvalue weighted by Gasteiger charge is -2.08. The monoisotopic (exact) mass is 204 g/mol. The molecule has 0 unspecified atom stereocenters. The number of aromatic nitrogens is 1. The lowest BCUT2D eigenvalue weighted by molar-refractivity contribution is -0.119. The fourth-order valence-electron chi connectivity index (χ4n) is 0.790. The molecule has 1 amide bonds. The van der Waals surface area contributed by atoms with Gasteiger partial charge in [-0.25, -0.2) is 4.98 Å². The average Bonchev–Trinajstić information content (AvgIpc) is 2.56. The SMILES string of the molecule is C[C@H](NC(=O)CCl)c1nccs1. The Morgan fingerprint density at radius 1 is 1.92 bits per heavy atom. The van der Waals surface area contributed by atoms with E-state index in [1.807, 2.05) is 12.3 Å². The number of carbonyl (C=O) groups is 1. The summed E-state index contributed by atoms with van der Waals surface area (Å²) in [6.45, 7) is 1.88. The molecule has 3 nitrogen and oxygen atoms in total. The van der Waals surface area contributed by atoms with Crippen molar-refractivity contribution in [3.63, 3.8) is 0 Å². The maximum absolute atomic E-state index is 10.9. The molecule has 1 atom stereocenters. The normalized spacial score (nSPS) is 12.5. The van der Waals surface area contributed by atoms with Gasteiger partial charge >= 0.3 is 0 Å². The molecule has 0 aliphatic heterocycles. The summed E-state index contributed by atoms with van der Waals surface area (Å²) in [5, 5.41) is 5.48. The van der Waals surface area contributed by atoms with Gasteiger partial charge in [0.25, 0.3) is 0 Å². The van der Waals surface area contributed by atoms with Gasteiger partial charge in [-0.2, -0.15) is 0 Å². The third kappa shape index (κ3) is 2.46. The zero-order valence-corrected chi connectivity index (χ0v) is 8.15. The van der Waals surface area contributed by atoms with Gasteiger partial charge in [0.05, 0.1) is 6.04 Å². The van der Waals surface area contributed by atoms with E-state index in [4.69, 9.17) is 11.6 Å². The molecule has 0 spiro atoms. The second-order valence-corrected chi connectivity index (χ2v) is 3.49. The number of carbonyl (C=O) groups excluding carboxylic acids is 1. The van der Waals surface area contributed by atoms with E-state index in [1.54, 1.807) is 6.20 Å². The number of hydrogen-bond acceptors (Lipinski definition) is 3. The number of halogens is 1. The molecule has 0 saturated carbocycles. The first kappa shape index (κ1) is 9.48. The minimum Gasteiger partial charge on any atom is -0.346 e. The molecule has 1 heterocycles. The van der Waals surface area contributed by atoms with Crippen molar-refractivity contribution in [2.75, 3.05) is 5.88 Å². The van der Waals surface area contributed by atoms with E-state index in [9.17, 15) is 4.79 Å². The van der Waals surface area contributed by atoms with Crippen LogP contribution in [0.25, 0.3) is 0 Å². The zero-order valence-electron chi connectivity index (χ0n) is 6.58. The van der Waals surface area contributed by atoms with Gasteiger partial charge in [0, 0.05) is 11.6 Å². The first-order chi connectivity index (χ1) is 5.74. The van der Waals surface area contributed by atoms with Crippen molar-refractivity contribution in [3.05, 3.63) is 16.6 Å². The molecule has 1 rings (SSSR count). The average molecular weight is 205 g/mol. The number of alkyl halides is 1. The topological polar surface area (TPSA) is 42.0 Å². The summed E-state index contributed by atoms with van der Waals surface area (Å²) >= 11 is 6.84. The van der Waals surface area contributed by atoms with Gasteiger partial charge in [0.15, 0.2) is 0 Å². The summed E-state index contributed by atoms with van der Waals surface area (Å²) in [6.07, 6.45) is 1.71. The van der Waals surface area contributed by atoms with E-state index in [0.29, 0.717) is 0 Å². The van der Waals surface area contributed by atoms with Crippen molar-refractivity contribution in [1.29, 1.82) is 0 Å². The quantitative estimate of drug-likeness (QED) is 0.760. The molecule has 5 heteroatoms. The maximum atomic E-state index is 10.9. The molecule has 0 bridgehead atoms. The van der Waals surface area contributed by atoms with Gasteiger partial charge in [-0.05, 0) is 6.92 Å². The van der Waals surface area contributed by atoms with E-state index in [2.05, 4.69) is 10.3 Å². The van der Waals surface area contributed by atoms with E-state index >= 15 is 0 Å². The Kier molecular flexibility index (Phi) is 3.49. The van der Waals surface area contributed by atoms with Crippen LogP contribution in [0.3, 0.4) is 0 Å². The Labute approximate surface area is 79.8 Å². The van der Waals surface area contributed by atoms with Crippen LogP contribution in [0.15, 0.2) is 11.6 Å². The third-order valence-electron chi connectivity index (χ3n) is 1.32. The van der Waals surface area contributed by atoms with E-state index in [0.717, 1.165) is 5.01 Å². The number of rotatable bonds is 3. The summed E-state index contributed by atoms with van der Waals surface area (Å²) in [6, 6.07) is -0.0451. The van der Waals surface area contributed by atoms with Crippen LogP contribution in [0.4, 0.5) is 0 Å².